The Bertz CT molecular complexity index is 366. The first kappa shape index (κ1) is 11.6. The molecular formula is C12H17N3. The first-order valence-electron chi connectivity index (χ1n) is 5.31. The second kappa shape index (κ2) is 5.39. The van der Waals surface area contributed by atoms with Crippen molar-refractivity contribution in [1.82, 2.24) is 4.98 Å². The van der Waals surface area contributed by atoms with Crippen molar-refractivity contribution in [2.75, 3.05) is 0 Å². The third kappa shape index (κ3) is 2.72. The minimum Gasteiger partial charge on any atom is -0.261 e. The smallest absolute Gasteiger partial charge is 0.138 e. The van der Waals surface area contributed by atoms with E-state index < -0.39 is 0 Å². The van der Waals surface area contributed by atoms with Gasteiger partial charge in [-0.1, -0.05) is 19.9 Å². The highest BCUT2D eigenvalue weighted by molar-refractivity contribution is 6.48. The fourth-order valence-electron chi connectivity index (χ4n) is 1.40. The van der Waals surface area contributed by atoms with Crippen molar-refractivity contribution in [2.24, 2.45) is 9.98 Å². The molecule has 3 nitrogen and oxygen atoms in total. The van der Waals surface area contributed by atoms with E-state index in [9.17, 15) is 0 Å². The number of aliphatic imine (C=N–C) groups is 2. The van der Waals surface area contributed by atoms with Crippen LogP contribution < -0.4 is 0 Å². The van der Waals surface area contributed by atoms with E-state index in [2.05, 4.69) is 15.0 Å². The van der Waals surface area contributed by atoms with Gasteiger partial charge in [-0.15, -0.1) is 0 Å². The van der Waals surface area contributed by atoms with E-state index in [1.165, 1.54) is 0 Å². The van der Waals surface area contributed by atoms with Crippen LogP contribution in [0.5, 0.6) is 0 Å². The molecule has 0 radical (unpaired) electrons. The van der Waals surface area contributed by atoms with E-state index in [1.807, 2.05) is 45.9 Å². The van der Waals surface area contributed by atoms with E-state index in [1.54, 1.807) is 6.20 Å². The van der Waals surface area contributed by atoms with Crippen LogP contribution in [0.3, 0.4) is 0 Å². The van der Waals surface area contributed by atoms with Crippen molar-refractivity contribution in [3.05, 3.63) is 30.1 Å². The van der Waals surface area contributed by atoms with Crippen molar-refractivity contribution >= 4 is 11.4 Å². The van der Waals surface area contributed by atoms with Crippen molar-refractivity contribution in [1.29, 1.82) is 0 Å². The molecule has 1 aromatic rings. The lowest BCUT2D eigenvalue weighted by molar-refractivity contribution is 0.814. The maximum absolute atomic E-state index is 4.39. The number of aromatic nitrogens is 1. The summed E-state index contributed by atoms with van der Waals surface area (Å²) < 4.78 is 0. The van der Waals surface area contributed by atoms with Crippen LogP contribution in [0.4, 0.5) is 0 Å². The molecule has 0 amide bonds. The molecule has 15 heavy (non-hydrogen) atoms. The van der Waals surface area contributed by atoms with Crippen LogP contribution in [0.2, 0.25) is 0 Å². The number of rotatable bonds is 1. The van der Waals surface area contributed by atoms with E-state index in [0.29, 0.717) is 0 Å². The molecule has 0 N–H and O–H groups in total. The summed E-state index contributed by atoms with van der Waals surface area (Å²) in [7, 11) is 0. The standard InChI is InChI=1S/C10H11N3.C2H6/c1-7-10(13-8(2)12-7)9-5-3-4-6-11-9;1-2/h3-6,8H,1-2H3;1-2H3. The van der Waals surface area contributed by atoms with Gasteiger partial charge in [0.05, 0.1) is 11.4 Å². The Morgan fingerprint density at radius 3 is 2.33 bits per heavy atom. The van der Waals surface area contributed by atoms with Crippen LogP contribution in [0, 0.1) is 0 Å². The third-order valence-electron chi connectivity index (χ3n) is 1.95. The van der Waals surface area contributed by atoms with Gasteiger partial charge in [-0.25, -0.2) is 0 Å². The van der Waals surface area contributed by atoms with Crippen LogP contribution in [-0.2, 0) is 0 Å². The first-order chi connectivity index (χ1) is 7.27. The molecule has 2 heterocycles. The van der Waals surface area contributed by atoms with Gasteiger partial charge in [0.25, 0.3) is 0 Å². The van der Waals surface area contributed by atoms with Gasteiger partial charge in [-0.05, 0) is 26.0 Å². The second-order valence-corrected chi connectivity index (χ2v) is 3.04. The van der Waals surface area contributed by atoms with Crippen LogP contribution in [-0.4, -0.2) is 22.6 Å². The van der Waals surface area contributed by atoms with Gasteiger partial charge >= 0.3 is 0 Å². The SMILES string of the molecule is CC.CC1=NC(C)N=C1c1ccccn1. The van der Waals surface area contributed by atoms with Crippen molar-refractivity contribution < 1.29 is 0 Å². The molecule has 0 saturated carbocycles. The maximum atomic E-state index is 4.39. The predicted molar refractivity (Wildman–Crippen MR) is 64.7 cm³/mol. The Morgan fingerprint density at radius 2 is 1.87 bits per heavy atom. The molecule has 1 aromatic heterocycles. The Hall–Kier alpha value is -1.51. The molecule has 0 bridgehead atoms. The minimum absolute atomic E-state index is 0.0528. The highest BCUT2D eigenvalue weighted by atomic mass is 15.1. The van der Waals surface area contributed by atoms with Crippen LogP contribution in [0.1, 0.15) is 33.4 Å². The predicted octanol–water partition coefficient (Wildman–Crippen LogP) is 2.72. The fraction of sp³-hybridized carbons (Fsp3) is 0.417. The number of pyridine rings is 1. The Morgan fingerprint density at radius 1 is 1.13 bits per heavy atom. The lowest BCUT2D eigenvalue weighted by atomic mass is 10.2. The maximum Gasteiger partial charge on any atom is 0.138 e. The average molecular weight is 203 g/mol. The number of hydrogen-bond acceptors (Lipinski definition) is 3. The van der Waals surface area contributed by atoms with E-state index >= 15 is 0 Å². The molecule has 1 unspecified atom stereocenters. The van der Waals surface area contributed by atoms with Crippen molar-refractivity contribution in [3.8, 4) is 0 Å². The molecule has 0 aromatic carbocycles. The molecule has 1 aliphatic rings. The average Bonchev–Trinajstić information content (AvgIpc) is 2.62. The third-order valence-corrected chi connectivity index (χ3v) is 1.95. The summed E-state index contributed by atoms with van der Waals surface area (Å²) in [5, 5.41) is 0. The Balaban J connectivity index is 0.000000531. The number of hydrogen-bond donors (Lipinski definition) is 0. The molecule has 0 spiro atoms. The largest absolute Gasteiger partial charge is 0.261 e. The van der Waals surface area contributed by atoms with Crippen LogP contribution >= 0.6 is 0 Å². The summed E-state index contributed by atoms with van der Waals surface area (Å²) >= 11 is 0. The lowest BCUT2D eigenvalue weighted by Crippen LogP contribution is -2.09. The van der Waals surface area contributed by atoms with Gasteiger partial charge in [0.1, 0.15) is 11.9 Å². The van der Waals surface area contributed by atoms with Crippen molar-refractivity contribution in [3.63, 3.8) is 0 Å². The molecule has 0 fully saturated rings. The quantitative estimate of drug-likeness (QED) is 0.691. The summed E-state index contributed by atoms with van der Waals surface area (Å²) in [6.07, 6.45) is 1.82. The van der Waals surface area contributed by atoms with Crippen molar-refractivity contribution in [2.45, 2.75) is 33.9 Å². The summed E-state index contributed by atoms with van der Waals surface area (Å²) in [6.45, 7) is 7.94. The molecule has 80 valence electrons. The molecule has 0 saturated heterocycles. The van der Waals surface area contributed by atoms with Gasteiger partial charge in [-0.3, -0.25) is 15.0 Å². The van der Waals surface area contributed by atoms with Gasteiger partial charge < -0.3 is 0 Å². The molecule has 1 aliphatic heterocycles. The highest BCUT2D eigenvalue weighted by Gasteiger charge is 2.15. The summed E-state index contributed by atoms with van der Waals surface area (Å²) in [5.41, 5.74) is 2.81. The van der Waals surface area contributed by atoms with Gasteiger partial charge in [0.2, 0.25) is 0 Å². The highest BCUT2D eigenvalue weighted by Crippen LogP contribution is 2.09. The fourth-order valence-corrected chi connectivity index (χ4v) is 1.40. The van der Waals surface area contributed by atoms with Crippen LogP contribution in [0.15, 0.2) is 34.4 Å². The Labute approximate surface area is 91.0 Å². The zero-order valence-electron chi connectivity index (χ0n) is 9.73. The second-order valence-electron chi connectivity index (χ2n) is 3.04. The summed E-state index contributed by atoms with van der Waals surface area (Å²) in [6, 6.07) is 5.81. The Kier molecular flexibility index (Phi) is 4.16. The van der Waals surface area contributed by atoms with E-state index in [4.69, 9.17) is 0 Å². The van der Waals surface area contributed by atoms with E-state index in [0.717, 1.165) is 17.1 Å². The normalized spacial score (nSPS) is 18.8. The first-order valence-corrected chi connectivity index (χ1v) is 5.31. The summed E-state index contributed by atoms with van der Waals surface area (Å²) in [5.74, 6) is 0. The number of nitrogens with zero attached hydrogens (tertiary/aromatic N) is 3. The van der Waals surface area contributed by atoms with Gasteiger partial charge in [-0.2, -0.15) is 0 Å². The molecule has 0 aliphatic carbocycles. The molecule has 1 atom stereocenters. The van der Waals surface area contributed by atoms with E-state index in [-0.39, 0.29) is 6.17 Å². The molecule has 2 rings (SSSR count). The zero-order chi connectivity index (χ0) is 11.3. The zero-order valence-corrected chi connectivity index (χ0v) is 9.73. The van der Waals surface area contributed by atoms with Gasteiger partial charge in [0, 0.05) is 6.20 Å². The minimum atomic E-state index is 0.0528. The molecular weight excluding hydrogens is 186 g/mol. The van der Waals surface area contributed by atoms with Crippen LogP contribution in [0.25, 0.3) is 0 Å². The lowest BCUT2D eigenvalue weighted by Gasteiger charge is -1.97. The monoisotopic (exact) mass is 203 g/mol. The topological polar surface area (TPSA) is 37.6 Å². The summed E-state index contributed by atoms with van der Waals surface area (Å²) in [4.78, 5) is 12.9. The van der Waals surface area contributed by atoms with Gasteiger partial charge in [0.15, 0.2) is 0 Å². The molecule has 3 heteroatoms.